The van der Waals surface area contributed by atoms with Crippen LogP contribution in [0.3, 0.4) is 0 Å². The van der Waals surface area contributed by atoms with Crippen LogP contribution in [-0.4, -0.2) is 36.0 Å². The van der Waals surface area contributed by atoms with Gasteiger partial charge in [0.1, 0.15) is 0 Å². The fourth-order valence-electron chi connectivity index (χ4n) is 3.33. The number of hydrogen-bond donors (Lipinski definition) is 3. The summed E-state index contributed by atoms with van der Waals surface area (Å²) in [4.78, 5) is 0. The van der Waals surface area contributed by atoms with Crippen LogP contribution in [0.2, 0.25) is 0 Å². The molecule has 0 saturated carbocycles. The number of nitrogens with one attached hydrogen (secondary N) is 1. The molecule has 0 aromatic carbocycles. The third-order valence-electron chi connectivity index (χ3n) is 5.14. The first-order chi connectivity index (χ1) is 11.8. The lowest BCUT2D eigenvalue weighted by Crippen LogP contribution is -2.40. The molecule has 3 nitrogen and oxygen atoms in total. The maximum absolute atomic E-state index is 9.89. The van der Waals surface area contributed by atoms with E-state index in [-0.39, 0.29) is 12.6 Å². The van der Waals surface area contributed by atoms with Gasteiger partial charge in [-0.25, -0.2) is 0 Å². The van der Waals surface area contributed by atoms with E-state index in [1.54, 1.807) is 7.05 Å². The Hall–Kier alpha value is -0.120. The number of rotatable bonds is 19. The Bertz CT molecular complexity index is 232. The van der Waals surface area contributed by atoms with Crippen LogP contribution in [0.25, 0.3) is 0 Å². The molecule has 0 amide bonds. The van der Waals surface area contributed by atoms with E-state index in [1.807, 2.05) is 0 Å². The van der Waals surface area contributed by atoms with Crippen LogP contribution in [0.15, 0.2) is 0 Å². The highest BCUT2D eigenvalue weighted by atomic mass is 16.3. The van der Waals surface area contributed by atoms with Gasteiger partial charge in [-0.3, -0.25) is 0 Å². The Kier molecular flexibility index (Phi) is 19.1. The third kappa shape index (κ3) is 15.4. The van der Waals surface area contributed by atoms with Gasteiger partial charge in [0.05, 0.1) is 18.8 Å². The Balaban J connectivity index is 3.15. The highest BCUT2D eigenvalue weighted by Crippen LogP contribution is 2.14. The van der Waals surface area contributed by atoms with Crippen molar-refractivity contribution >= 4 is 0 Å². The molecule has 0 rings (SSSR count). The number of likely N-dealkylation sites (N-methyl/N-ethyl adjacent to an activating group) is 1. The number of aliphatic hydroxyl groups is 2. The van der Waals surface area contributed by atoms with Gasteiger partial charge in [-0.1, -0.05) is 103 Å². The van der Waals surface area contributed by atoms with Crippen molar-refractivity contribution in [2.75, 3.05) is 13.7 Å². The van der Waals surface area contributed by atoms with Crippen molar-refractivity contribution in [1.82, 2.24) is 5.32 Å². The van der Waals surface area contributed by atoms with E-state index in [1.165, 1.54) is 89.9 Å². The van der Waals surface area contributed by atoms with Crippen molar-refractivity contribution in [2.45, 2.75) is 122 Å². The molecular formula is C21H45NO2. The number of unbranched alkanes of at least 4 members (excludes halogenated alkanes) is 14. The van der Waals surface area contributed by atoms with E-state index in [4.69, 9.17) is 5.11 Å². The molecule has 0 radical (unpaired) electrons. The fourth-order valence-corrected chi connectivity index (χ4v) is 3.33. The summed E-state index contributed by atoms with van der Waals surface area (Å²) < 4.78 is 0. The van der Waals surface area contributed by atoms with E-state index < -0.39 is 6.10 Å². The first kappa shape index (κ1) is 23.9. The topological polar surface area (TPSA) is 52.5 Å². The lowest BCUT2D eigenvalue weighted by molar-refractivity contribution is 0.0850. The fraction of sp³-hybridized carbons (Fsp3) is 1.00. The molecule has 0 aliphatic carbocycles. The quantitative estimate of drug-likeness (QED) is 0.283. The maximum Gasteiger partial charge on any atom is 0.0715 e. The summed E-state index contributed by atoms with van der Waals surface area (Å²) in [6, 6.07) is -0.170. The average molecular weight is 344 g/mol. The highest BCUT2D eigenvalue weighted by molar-refractivity contribution is 4.72. The predicted molar refractivity (Wildman–Crippen MR) is 105 cm³/mol. The van der Waals surface area contributed by atoms with Crippen molar-refractivity contribution in [3.8, 4) is 0 Å². The molecule has 0 aromatic rings. The lowest BCUT2D eigenvalue weighted by atomic mass is 10.0. The van der Waals surface area contributed by atoms with Crippen LogP contribution >= 0.6 is 0 Å². The zero-order valence-corrected chi connectivity index (χ0v) is 16.6. The van der Waals surface area contributed by atoms with Crippen LogP contribution in [0, 0.1) is 0 Å². The molecule has 0 aliphatic rings. The average Bonchev–Trinajstić information content (AvgIpc) is 2.59. The normalized spacial score (nSPS) is 14.0. The van der Waals surface area contributed by atoms with Gasteiger partial charge in [-0.05, 0) is 13.5 Å². The standard InChI is InChI=1S/C21H45NO2/c1-3-4-5-6-7-8-9-10-11-12-13-14-15-16-17-18-21(24)20(19-23)22-2/h20-24H,3-19H2,1-2H3/t20-,21+/m0/s1. The summed E-state index contributed by atoms with van der Waals surface area (Å²) in [6.07, 6.45) is 20.8. The van der Waals surface area contributed by atoms with Gasteiger partial charge in [-0.2, -0.15) is 0 Å². The van der Waals surface area contributed by atoms with Gasteiger partial charge >= 0.3 is 0 Å². The monoisotopic (exact) mass is 343 g/mol. The van der Waals surface area contributed by atoms with Crippen LogP contribution < -0.4 is 5.32 Å². The highest BCUT2D eigenvalue weighted by Gasteiger charge is 2.15. The molecule has 0 aliphatic heterocycles. The molecule has 0 saturated heterocycles. The SMILES string of the molecule is CCCCCCCCCCCCCCCCC[C@@H](O)[C@H](CO)NC. The van der Waals surface area contributed by atoms with E-state index in [0.29, 0.717) is 0 Å². The molecule has 0 bridgehead atoms. The molecule has 24 heavy (non-hydrogen) atoms. The molecule has 2 atom stereocenters. The van der Waals surface area contributed by atoms with Crippen LogP contribution in [0.4, 0.5) is 0 Å². The number of hydrogen-bond acceptors (Lipinski definition) is 3. The van der Waals surface area contributed by atoms with Crippen LogP contribution in [-0.2, 0) is 0 Å². The van der Waals surface area contributed by atoms with Crippen LogP contribution in [0.1, 0.15) is 110 Å². The molecule has 0 heterocycles. The second kappa shape index (κ2) is 19.2. The van der Waals surface area contributed by atoms with Gasteiger partial charge in [-0.15, -0.1) is 0 Å². The zero-order chi connectivity index (χ0) is 17.9. The minimum absolute atomic E-state index is 0.0103. The molecule has 146 valence electrons. The Morgan fingerprint density at radius 2 is 1.04 bits per heavy atom. The molecule has 0 unspecified atom stereocenters. The van der Waals surface area contributed by atoms with Gasteiger partial charge < -0.3 is 15.5 Å². The summed E-state index contributed by atoms with van der Waals surface area (Å²) >= 11 is 0. The molecule has 3 N–H and O–H groups in total. The van der Waals surface area contributed by atoms with Gasteiger partial charge in [0.15, 0.2) is 0 Å². The van der Waals surface area contributed by atoms with E-state index >= 15 is 0 Å². The molecule has 0 aromatic heterocycles. The van der Waals surface area contributed by atoms with Crippen molar-refractivity contribution in [3.05, 3.63) is 0 Å². The first-order valence-electron chi connectivity index (χ1n) is 10.7. The molecular weight excluding hydrogens is 298 g/mol. The minimum Gasteiger partial charge on any atom is -0.395 e. The minimum atomic E-state index is -0.415. The summed E-state index contributed by atoms with van der Waals surface area (Å²) in [5.74, 6) is 0. The van der Waals surface area contributed by atoms with E-state index in [9.17, 15) is 5.11 Å². The van der Waals surface area contributed by atoms with Gasteiger partial charge in [0.25, 0.3) is 0 Å². The third-order valence-corrected chi connectivity index (χ3v) is 5.14. The van der Waals surface area contributed by atoms with Crippen molar-refractivity contribution in [3.63, 3.8) is 0 Å². The Morgan fingerprint density at radius 1 is 0.667 bits per heavy atom. The second-order valence-corrected chi connectivity index (χ2v) is 7.38. The second-order valence-electron chi connectivity index (χ2n) is 7.38. The first-order valence-corrected chi connectivity index (χ1v) is 10.7. The largest absolute Gasteiger partial charge is 0.395 e. The zero-order valence-electron chi connectivity index (χ0n) is 16.6. The summed E-state index contributed by atoms with van der Waals surface area (Å²) in [5, 5.41) is 21.9. The van der Waals surface area contributed by atoms with Crippen LogP contribution in [0.5, 0.6) is 0 Å². The van der Waals surface area contributed by atoms with Crippen molar-refractivity contribution in [2.24, 2.45) is 0 Å². The summed E-state index contributed by atoms with van der Waals surface area (Å²) in [7, 11) is 1.79. The maximum atomic E-state index is 9.89. The Morgan fingerprint density at radius 3 is 1.38 bits per heavy atom. The molecule has 0 fully saturated rings. The molecule has 3 heteroatoms. The van der Waals surface area contributed by atoms with E-state index in [2.05, 4.69) is 12.2 Å². The van der Waals surface area contributed by atoms with Crippen molar-refractivity contribution in [1.29, 1.82) is 0 Å². The summed E-state index contributed by atoms with van der Waals surface area (Å²) in [6.45, 7) is 2.29. The smallest absolute Gasteiger partial charge is 0.0715 e. The van der Waals surface area contributed by atoms with E-state index in [0.717, 1.165) is 12.8 Å². The van der Waals surface area contributed by atoms with Crippen molar-refractivity contribution < 1.29 is 10.2 Å². The molecule has 0 spiro atoms. The number of aliphatic hydroxyl groups excluding tert-OH is 2. The lowest BCUT2D eigenvalue weighted by Gasteiger charge is -2.19. The predicted octanol–water partition coefficient (Wildman–Crippen LogP) is 5.19. The van der Waals surface area contributed by atoms with Gasteiger partial charge in [0.2, 0.25) is 0 Å². The van der Waals surface area contributed by atoms with Gasteiger partial charge in [0, 0.05) is 0 Å². The Labute approximate surface area is 151 Å². The summed E-state index contributed by atoms with van der Waals surface area (Å²) in [5.41, 5.74) is 0.